The van der Waals surface area contributed by atoms with Gasteiger partial charge in [0, 0.05) is 31.7 Å². The Morgan fingerprint density at radius 1 is 1.06 bits per heavy atom. The minimum atomic E-state index is -0.219. The van der Waals surface area contributed by atoms with Gasteiger partial charge in [-0.3, -0.25) is 9.69 Å². The predicted molar refractivity (Wildman–Crippen MR) is 123 cm³/mol. The lowest BCUT2D eigenvalue weighted by atomic mass is 9.85. The highest BCUT2D eigenvalue weighted by Crippen LogP contribution is 2.33. The zero-order valence-corrected chi connectivity index (χ0v) is 19.6. The molecular formula is C26H35FN2O2. The SMILES string of the molecule is Cc1cccc(C(C)(C)C)c1OCC(=O)N1CC(C)N(Cc2ccc(F)cc2)CC1C. The summed E-state index contributed by atoms with van der Waals surface area (Å²) in [6.07, 6.45) is 0. The van der Waals surface area contributed by atoms with E-state index in [1.807, 2.05) is 36.1 Å². The van der Waals surface area contributed by atoms with E-state index in [0.717, 1.165) is 35.5 Å². The second-order valence-electron chi connectivity index (χ2n) is 9.79. The summed E-state index contributed by atoms with van der Waals surface area (Å²) in [7, 11) is 0. The highest BCUT2D eigenvalue weighted by Gasteiger charge is 2.32. The van der Waals surface area contributed by atoms with Crippen molar-refractivity contribution in [2.24, 2.45) is 0 Å². The van der Waals surface area contributed by atoms with Crippen molar-refractivity contribution >= 4 is 5.91 Å². The third kappa shape index (κ3) is 5.65. The molecule has 0 bridgehead atoms. The first-order valence-corrected chi connectivity index (χ1v) is 11.1. The lowest BCUT2D eigenvalue weighted by Crippen LogP contribution is -2.58. The minimum absolute atomic E-state index is 0.0175. The number of benzene rings is 2. The van der Waals surface area contributed by atoms with Crippen molar-refractivity contribution in [1.29, 1.82) is 0 Å². The molecule has 1 aliphatic rings. The molecule has 4 nitrogen and oxygen atoms in total. The molecule has 1 fully saturated rings. The molecule has 2 unspecified atom stereocenters. The number of aryl methyl sites for hydroxylation is 1. The largest absolute Gasteiger partial charge is 0.483 e. The van der Waals surface area contributed by atoms with E-state index in [0.29, 0.717) is 6.54 Å². The Bertz CT molecular complexity index is 905. The second kappa shape index (κ2) is 9.39. The fraction of sp³-hybridized carbons (Fsp3) is 0.500. The van der Waals surface area contributed by atoms with Gasteiger partial charge < -0.3 is 9.64 Å². The summed E-state index contributed by atoms with van der Waals surface area (Å²) >= 11 is 0. The number of piperazine rings is 1. The van der Waals surface area contributed by atoms with Crippen molar-refractivity contribution in [3.05, 3.63) is 65.0 Å². The van der Waals surface area contributed by atoms with Crippen LogP contribution in [0.3, 0.4) is 0 Å². The average molecular weight is 427 g/mol. The van der Waals surface area contributed by atoms with E-state index in [9.17, 15) is 9.18 Å². The summed E-state index contributed by atoms with van der Waals surface area (Å²) < 4.78 is 19.3. The Morgan fingerprint density at radius 2 is 1.74 bits per heavy atom. The number of hydrogen-bond donors (Lipinski definition) is 0. The lowest BCUT2D eigenvalue weighted by molar-refractivity contribution is -0.139. The number of carbonyl (C=O) groups excluding carboxylic acids is 1. The molecule has 0 aliphatic carbocycles. The summed E-state index contributed by atoms with van der Waals surface area (Å²) in [5, 5.41) is 0. The van der Waals surface area contributed by atoms with E-state index in [4.69, 9.17) is 4.74 Å². The smallest absolute Gasteiger partial charge is 0.260 e. The van der Waals surface area contributed by atoms with Gasteiger partial charge in [0.25, 0.3) is 5.91 Å². The number of nitrogens with zero attached hydrogens (tertiary/aromatic N) is 2. The first kappa shape index (κ1) is 23.3. The van der Waals surface area contributed by atoms with Crippen LogP contribution in [0.25, 0.3) is 0 Å². The summed E-state index contributed by atoms with van der Waals surface area (Å²) in [4.78, 5) is 17.3. The fourth-order valence-electron chi connectivity index (χ4n) is 4.24. The van der Waals surface area contributed by atoms with Crippen LogP contribution >= 0.6 is 0 Å². The van der Waals surface area contributed by atoms with Gasteiger partial charge in [-0.1, -0.05) is 51.1 Å². The Hall–Kier alpha value is -2.40. The molecule has 0 aromatic heterocycles. The Balaban J connectivity index is 1.63. The number of carbonyl (C=O) groups is 1. The molecule has 0 radical (unpaired) electrons. The summed E-state index contributed by atoms with van der Waals surface area (Å²) in [5.74, 6) is 0.617. The van der Waals surface area contributed by atoms with Crippen molar-refractivity contribution in [3.63, 3.8) is 0 Å². The third-order valence-corrected chi connectivity index (χ3v) is 6.09. The monoisotopic (exact) mass is 426 g/mol. The molecule has 2 aromatic rings. The quantitative estimate of drug-likeness (QED) is 0.680. The zero-order valence-electron chi connectivity index (χ0n) is 19.6. The van der Waals surface area contributed by atoms with Gasteiger partial charge in [-0.2, -0.15) is 0 Å². The molecule has 2 atom stereocenters. The van der Waals surface area contributed by atoms with Gasteiger partial charge in [-0.15, -0.1) is 0 Å². The Morgan fingerprint density at radius 3 is 2.39 bits per heavy atom. The maximum Gasteiger partial charge on any atom is 0.260 e. The number of rotatable bonds is 5. The van der Waals surface area contributed by atoms with E-state index in [-0.39, 0.29) is 35.8 Å². The van der Waals surface area contributed by atoms with Crippen LogP contribution < -0.4 is 4.74 Å². The van der Waals surface area contributed by atoms with Gasteiger partial charge in [-0.05, 0) is 55.0 Å². The van der Waals surface area contributed by atoms with Crippen LogP contribution in [-0.2, 0) is 16.8 Å². The van der Waals surface area contributed by atoms with Crippen LogP contribution in [0.1, 0.15) is 51.3 Å². The normalized spacial score (nSPS) is 20.0. The summed E-state index contributed by atoms with van der Waals surface area (Å²) in [6, 6.07) is 13.1. The first-order chi connectivity index (χ1) is 14.6. The van der Waals surface area contributed by atoms with E-state index >= 15 is 0 Å². The maximum atomic E-state index is 13.2. The van der Waals surface area contributed by atoms with Gasteiger partial charge in [0.1, 0.15) is 11.6 Å². The fourth-order valence-corrected chi connectivity index (χ4v) is 4.24. The second-order valence-corrected chi connectivity index (χ2v) is 9.79. The van der Waals surface area contributed by atoms with Gasteiger partial charge in [-0.25, -0.2) is 4.39 Å². The number of hydrogen-bond acceptors (Lipinski definition) is 3. The predicted octanol–water partition coefficient (Wildman–Crippen LogP) is 4.93. The van der Waals surface area contributed by atoms with Gasteiger partial charge in [0.2, 0.25) is 0 Å². The van der Waals surface area contributed by atoms with E-state index in [2.05, 4.69) is 45.6 Å². The molecular weight excluding hydrogens is 391 g/mol. The molecule has 31 heavy (non-hydrogen) atoms. The van der Waals surface area contributed by atoms with Gasteiger partial charge in [0.15, 0.2) is 6.61 Å². The molecule has 168 valence electrons. The van der Waals surface area contributed by atoms with Crippen LogP contribution in [0.15, 0.2) is 42.5 Å². The molecule has 2 aromatic carbocycles. The molecule has 3 rings (SSSR count). The van der Waals surface area contributed by atoms with Crippen molar-refractivity contribution in [1.82, 2.24) is 9.80 Å². The van der Waals surface area contributed by atoms with Crippen LogP contribution in [0, 0.1) is 12.7 Å². The number of para-hydroxylation sites is 1. The third-order valence-electron chi connectivity index (χ3n) is 6.09. The molecule has 0 saturated carbocycles. The molecule has 5 heteroatoms. The molecule has 1 amide bonds. The molecule has 1 aliphatic heterocycles. The number of amides is 1. The Labute approximate surface area is 186 Å². The molecule has 1 heterocycles. The Kier molecular flexibility index (Phi) is 7.05. The van der Waals surface area contributed by atoms with Gasteiger partial charge >= 0.3 is 0 Å². The average Bonchev–Trinajstić information content (AvgIpc) is 2.70. The lowest BCUT2D eigenvalue weighted by Gasteiger charge is -2.44. The van der Waals surface area contributed by atoms with Crippen LogP contribution in [0.4, 0.5) is 4.39 Å². The van der Waals surface area contributed by atoms with Crippen molar-refractivity contribution in [3.8, 4) is 5.75 Å². The zero-order chi connectivity index (χ0) is 22.8. The number of ether oxygens (including phenoxy) is 1. The van der Waals surface area contributed by atoms with Gasteiger partial charge in [0.05, 0.1) is 0 Å². The minimum Gasteiger partial charge on any atom is -0.483 e. The van der Waals surface area contributed by atoms with Crippen LogP contribution in [0.5, 0.6) is 5.75 Å². The van der Waals surface area contributed by atoms with E-state index < -0.39 is 0 Å². The van der Waals surface area contributed by atoms with Crippen molar-refractivity contribution < 1.29 is 13.9 Å². The highest BCUT2D eigenvalue weighted by molar-refractivity contribution is 5.78. The molecule has 0 spiro atoms. The topological polar surface area (TPSA) is 32.8 Å². The van der Waals surface area contributed by atoms with E-state index in [1.165, 1.54) is 12.1 Å². The maximum absolute atomic E-state index is 13.2. The number of halogens is 1. The summed E-state index contributed by atoms with van der Waals surface area (Å²) in [5.41, 5.74) is 3.19. The van der Waals surface area contributed by atoms with Crippen molar-refractivity contribution in [2.75, 3.05) is 19.7 Å². The highest BCUT2D eigenvalue weighted by atomic mass is 19.1. The van der Waals surface area contributed by atoms with Crippen LogP contribution in [-0.4, -0.2) is 47.5 Å². The molecule has 0 N–H and O–H groups in total. The standard InChI is InChI=1S/C26H35FN2O2/c1-18-8-7-9-23(26(4,5)6)25(18)31-17-24(30)29-15-19(2)28(14-20(29)3)16-21-10-12-22(27)13-11-21/h7-13,19-20H,14-17H2,1-6H3. The van der Waals surface area contributed by atoms with Crippen LogP contribution in [0.2, 0.25) is 0 Å². The first-order valence-electron chi connectivity index (χ1n) is 11.1. The summed E-state index contributed by atoms with van der Waals surface area (Å²) in [6.45, 7) is 14.9. The van der Waals surface area contributed by atoms with E-state index in [1.54, 1.807) is 0 Å². The molecule has 1 saturated heterocycles. The van der Waals surface area contributed by atoms with Crippen molar-refractivity contribution in [2.45, 2.75) is 65.6 Å².